The smallest absolute Gasteiger partial charge is 0.342 e. The second kappa shape index (κ2) is 8.43. The molecule has 1 aromatic heterocycles. The highest BCUT2D eigenvalue weighted by Gasteiger charge is 2.22. The predicted octanol–water partition coefficient (Wildman–Crippen LogP) is 3.43. The molecule has 0 saturated carbocycles. The minimum absolute atomic E-state index is 0.171. The third-order valence-corrected chi connectivity index (χ3v) is 4.10. The van der Waals surface area contributed by atoms with Gasteiger partial charge >= 0.3 is 5.97 Å². The summed E-state index contributed by atoms with van der Waals surface area (Å²) >= 11 is 0. The first-order valence-electron chi connectivity index (χ1n) is 8.43. The summed E-state index contributed by atoms with van der Waals surface area (Å²) in [5.74, 6) is 0.972. The van der Waals surface area contributed by atoms with Crippen LogP contribution in [0.1, 0.15) is 21.8 Å². The zero-order valence-electron chi connectivity index (χ0n) is 16.0. The highest BCUT2D eigenvalue weighted by Crippen LogP contribution is 2.40. The van der Waals surface area contributed by atoms with E-state index < -0.39 is 5.97 Å². The molecule has 1 heterocycles. The lowest BCUT2D eigenvalue weighted by Gasteiger charge is -2.14. The Morgan fingerprint density at radius 1 is 1.00 bits per heavy atom. The monoisotopic (exact) mass is 384 g/mol. The maximum absolute atomic E-state index is 12.5. The molecule has 0 unspecified atom stereocenters. The Hall–Kier alpha value is -3.55. The van der Waals surface area contributed by atoms with Crippen molar-refractivity contribution in [2.45, 2.75) is 13.5 Å². The van der Waals surface area contributed by atoms with Crippen molar-refractivity contribution >= 4 is 5.97 Å². The summed E-state index contributed by atoms with van der Waals surface area (Å²) in [5, 5.41) is 3.94. The van der Waals surface area contributed by atoms with Gasteiger partial charge in [-0.25, -0.2) is 4.79 Å². The number of aromatic nitrogens is 2. The zero-order chi connectivity index (χ0) is 20.1. The molecule has 0 aliphatic carbocycles. The van der Waals surface area contributed by atoms with E-state index in [0.717, 1.165) is 11.1 Å². The fraction of sp³-hybridized carbons (Fsp3) is 0.250. The van der Waals surface area contributed by atoms with E-state index in [4.69, 9.17) is 23.5 Å². The molecule has 0 amide bonds. The Balaban J connectivity index is 1.76. The van der Waals surface area contributed by atoms with Gasteiger partial charge in [0.1, 0.15) is 5.56 Å². The molecule has 0 bridgehead atoms. The van der Waals surface area contributed by atoms with Crippen molar-refractivity contribution < 1.29 is 28.3 Å². The van der Waals surface area contributed by atoms with Crippen LogP contribution in [0.3, 0.4) is 0 Å². The first-order valence-corrected chi connectivity index (χ1v) is 8.43. The number of esters is 1. The van der Waals surface area contributed by atoms with Crippen LogP contribution in [-0.2, 0) is 11.3 Å². The average molecular weight is 384 g/mol. The minimum atomic E-state index is -0.617. The van der Waals surface area contributed by atoms with Crippen LogP contribution < -0.4 is 14.2 Å². The molecule has 0 aliphatic rings. The van der Waals surface area contributed by atoms with Crippen LogP contribution in [-0.4, -0.2) is 37.4 Å². The van der Waals surface area contributed by atoms with E-state index in [1.807, 2.05) is 31.2 Å². The summed E-state index contributed by atoms with van der Waals surface area (Å²) in [4.78, 5) is 16.8. The van der Waals surface area contributed by atoms with Crippen LogP contribution in [0.5, 0.6) is 17.2 Å². The average Bonchev–Trinajstić information content (AvgIpc) is 3.19. The van der Waals surface area contributed by atoms with Gasteiger partial charge in [-0.1, -0.05) is 29.4 Å². The Labute approximate surface area is 162 Å². The van der Waals surface area contributed by atoms with Crippen molar-refractivity contribution in [3.05, 3.63) is 53.4 Å². The van der Waals surface area contributed by atoms with Crippen molar-refractivity contribution in [3.63, 3.8) is 0 Å². The van der Waals surface area contributed by atoms with E-state index in [1.54, 1.807) is 6.07 Å². The van der Waals surface area contributed by atoms with Crippen LogP contribution in [0.25, 0.3) is 11.4 Å². The molecular weight excluding hydrogens is 364 g/mol. The van der Waals surface area contributed by atoms with Crippen molar-refractivity contribution in [2.75, 3.05) is 21.3 Å². The number of nitrogens with zero attached hydrogens (tertiary/aromatic N) is 2. The van der Waals surface area contributed by atoms with Gasteiger partial charge in [-0.05, 0) is 24.6 Å². The number of methoxy groups -OCH3 is 3. The van der Waals surface area contributed by atoms with Gasteiger partial charge in [0, 0.05) is 5.56 Å². The molecule has 2 aromatic carbocycles. The number of carbonyl (C=O) groups is 1. The highest BCUT2D eigenvalue weighted by molar-refractivity contribution is 5.94. The lowest BCUT2D eigenvalue weighted by atomic mass is 10.1. The van der Waals surface area contributed by atoms with Gasteiger partial charge in [0.05, 0.1) is 21.3 Å². The predicted molar refractivity (Wildman–Crippen MR) is 99.7 cm³/mol. The molecule has 0 aliphatic heterocycles. The number of ether oxygens (including phenoxy) is 4. The lowest BCUT2D eigenvalue weighted by Crippen LogP contribution is -2.09. The minimum Gasteiger partial charge on any atom is -0.493 e. The Kier molecular flexibility index (Phi) is 5.78. The normalized spacial score (nSPS) is 10.4. The van der Waals surface area contributed by atoms with E-state index >= 15 is 0 Å². The number of hydrogen-bond donors (Lipinski definition) is 0. The standard InChI is InChI=1S/C20H20N2O6/c1-12-7-5-6-8-13(12)19-21-16(28-22-19)11-27-20(23)14-9-10-15(24-2)18(26-4)17(14)25-3/h5-10H,11H2,1-4H3. The third-order valence-electron chi connectivity index (χ3n) is 4.10. The summed E-state index contributed by atoms with van der Waals surface area (Å²) in [5.41, 5.74) is 2.06. The first kappa shape index (κ1) is 19.2. The van der Waals surface area contributed by atoms with E-state index in [9.17, 15) is 4.79 Å². The molecule has 0 spiro atoms. The molecule has 0 fully saturated rings. The molecule has 0 N–H and O–H groups in total. The van der Waals surface area contributed by atoms with Gasteiger partial charge in [0.15, 0.2) is 18.1 Å². The summed E-state index contributed by atoms with van der Waals surface area (Å²) in [7, 11) is 4.39. The van der Waals surface area contributed by atoms with Gasteiger partial charge in [0.25, 0.3) is 5.89 Å². The van der Waals surface area contributed by atoms with Crippen molar-refractivity contribution in [3.8, 4) is 28.6 Å². The Bertz CT molecular complexity index is 983. The molecule has 8 heteroatoms. The zero-order valence-corrected chi connectivity index (χ0v) is 16.0. The van der Waals surface area contributed by atoms with Crippen molar-refractivity contribution in [2.24, 2.45) is 0 Å². The maximum atomic E-state index is 12.5. The summed E-state index contributed by atoms with van der Waals surface area (Å²) in [6.45, 7) is 1.78. The second-order valence-corrected chi connectivity index (χ2v) is 5.78. The number of carbonyl (C=O) groups excluding carboxylic acids is 1. The van der Waals surface area contributed by atoms with E-state index in [2.05, 4.69) is 10.1 Å². The topological polar surface area (TPSA) is 92.9 Å². The van der Waals surface area contributed by atoms with Crippen LogP contribution in [0.4, 0.5) is 0 Å². The van der Waals surface area contributed by atoms with Gasteiger partial charge in [-0.3, -0.25) is 0 Å². The largest absolute Gasteiger partial charge is 0.493 e. The molecule has 8 nitrogen and oxygen atoms in total. The van der Waals surface area contributed by atoms with E-state index in [-0.39, 0.29) is 23.8 Å². The van der Waals surface area contributed by atoms with Gasteiger partial charge in [-0.2, -0.15) is 4.98 Å². The number of aryl methyl sites for hydroxylation is 1. The molecule has 0 saturated heterocycles. The Morgan fingerprint density at radius 3 is 2.43 bits per heavy atom. The molecule has 3 aromatic rings. The third kappa shape index (κ3) is 3.75. The van der Waals surface area contributed by atoms with Crippen LogP contribution in [0, 0.1) is 6.92 Å². The van der Waals surface area contributed by atoms with Gasteiger partial charge < -0.3 is 23.5 Å². The quantitative estimate of drug-likeness (QED) is 0.572. The molecule has 0 radical (unpaired) electrons. The molecular formula is C20H20N2O6. The van der Waals surface area contributed by atoms with Crippen molar-refractivity contribution in [1.82, 2.24) is 10.1 Å². The van der Waals surface area contributed by atoms with E-state index in [0.29, 0.717) is 17.3 Å². The number of benzene rings is 2. The SMILES string of the molecule is COc1ccc(C(=O)OCc2nc(-c3ccccc3C)no2)c(OC)c1OC. The van der Waals surface area contributed by atoms with Crippen LogP contribution in [0.2, 0.25) is 0 Å². The van der Waals surface area contributed by atoms with Crippen LogP contribution in [0.15, 0.2) is 40.9 Å². The van der Waals surface area contributed by atoms with E-state index in [1.165, 1.54) is 27.4 Å². The number of hydrogen-bond acceptors (Lipinski definition) is 8. The maximum Gasteiger partial charge on any atom is 0.342 e. The Morgan fingerprint density at radius 2 is 1.75 bits per heavy atom. The summed E-state index contributed by atoms with van der Waals surface area (Å²) < 4.78 is 26.3. The fourth-order valence-corrected chi connectivity index (χ4v) is 2.71. The molecule has 0 atom stereocenters. The highest BCUT2D eigenvalue weighted by atomic mass is 16.6. The second-order valence-electron chi connectivity index (χ2n) is 5.78. The molecule has 3 rings (SSSR count). The molecule has 146 valence electrons. The fourth-order valence-electron chi connectivity index (χ4n) is 2.71. The van der Waals surface area contributed by atoms with Crippen LogP contribution >= 0.6 is 0 Å². The lowest BCUT2D eigenvalue weighted by molar-refractivity contribution is 0.0425. The first-order chi connectivity index (χ1) is 13.6. The number of rotatable bonds is 7. The van der Waals surface area contributed by atoms with Gasteiger partial charge in [0.2, 0.25) is 11.6 Å². The molecule has 28 heavy (non-hydrogen) atoms. The summed E-state index contributed by atoms with van der Waals surface area (Å²) in [6.07, 6.45) is 0. The van der Waals surface area contributed by atoms with Crippen molar-refractivity contribution in [1.29, 1.82) is 0 Å². The summed E-state index contributed by atoms with van der Waals surface area (Å²) in [6, 6.07) is 10.8. The van der Waals surface area contributed by atoms with Gasteiger partial charge in [-0.15, -0.1) is 0 Å².